The molecule has 0 unspecified atom stereocenters. The van der Waals surface area contributed by atoms with Crippen molar-refractivity contribution in [2.24, 2.45) is 0 Å². The second-order valence-corrected chi connectivity index (χ2v) is 10.3. The minimum absolute atomic E-state index is 0.0313. The van der Waals surface area contributed by atoms with E-state index in [-0.39, 0.29) is 6.04 Å². The summed E-state index contributed by atoms with van der Waals surface area (Å²) < 4.78 is 31.5. The molecular weight excluding hydrogens is 394 g/mol. The zero-order chi connectivity index (χ0) is 18.0. The molecule has 0 radical (unpaired) electrons. The van der Waals surface area contributed by atoms with E-state index in [0.717, 1.165) is 4.47 Å². The molecule has 2 rings (SSSR count). The number of hydrogen-bond donors (Lipinski definition) is 1. The average molecular weight is 418 g/mol. The number of nitrogens with one attached hydrogen (secondary N) is 1. The number of carbonyl (C=O) groups excluding carboxylic acids is 1. The highest BCUT2D eigenvalue weighted by Crippen LogP contribution is 2.29. The predicted molar refractivity (Wildman–Crippen MR) is 96.7 cm³/mol. The van der Waals surface area contributed by atoms with Crippen LogP contribution >= 0.6 is 15.9 Å². The van der Waals surface area contributed by atoms with Crippen molar-refractivity contribution in [2.45, 2.75) is 68.2 Å². The Balaban J connectivity index is 1.92. The first-order valence-electron chi connectivity index (χ1n) is 8.07. The number of ether oxygens (including phenoxy) is 1. The van der Waals surface area contributed by atoms with Gasteiger partial charge in [-0.3, -0.25) is 0 Å². The molecule has 0 heterocycles. The molecule has 0 aromatic heterocycles. The van der Waals surface area contributed by atoms with E-state index in [0.29, 0.717) is 30.6 Å². The van der Waals surface area contributed by atoms with Crippen molar-refractivity contribution in [3.63, 3.8) is 0 Å². The molecule has 0 atom stereocenters. The van der Waals surface area contributed by atoms with Crippen LogP contribution in [0.2, 0.25) is 0 Å². The van der Waals surface area contributed by atoms with E-state index >= 15 is 0 Å². The van der Waals surface area contributed by atoms with Crippen LogP contribution in [0.25, 0.3) is 0 Å². The van der Waals surface area contributed by atoms with E-state index in [1.54, 1.807) is 24.3 Å². The van der Waals surface area contributed by atoms with Gasteiger partial charge in [0.25, 0.3) is 0 Å². The number of benzene rings is 1. The van der Waals surface area contributed by atoms with Crippen molar-refractivity contribution in [2.75, 3.05) is 0 Å². The Hall–Kier alpha value is -1.08. The van der Waals surface area contributed by atoms with Gasteiger partial charge < -0.3 is 10.1 Å². The summed E-state index contributed by atoms with van der Waals surface area (Å²) in [4.78, 5) is 12.2. The van der Waals surface area contributed by atoms with E-state index in [2.05, 4.69) is 21.2 Å². The second kappa shape index (κ2) is 7.44. The van der Waals surface area contributed by atoms with Crippen molar-refractivity contribution < 1.29 is 17.9 Å². The van der Waals surface area contributed by atoms with Gasteiger partial charge in [0.15, 0.2) is 9.84 Å². The number of hydrogen-bond acceptors (Lipinski definition) is 4. The molecule has 1 amide bonds. The van der Waals surface area contributed by atoms with Gasteiger partial charge >= 0.3 is 6.09 Å². The quantitative estimate of drug-likeness (QED) is 0.804. The molecule has 0 aliphatic heterocycles. The highest BCUT2D eigenvalue weighted by atomic mass is 79.9. The maximum atomic E-state index is 12.7. The van der Waals surface area contributed by atoms with Crippen molar-refractivity contribution in [3.05, 3.63) is 28.7 Å². The predicted octanol–water partition coefficient (Wildman–Crippen LogP) is 4.06. The summed E-state index contributed by atoms with van der Waals surface area (Å²) in [5, 5.41) is 2.44. The van der Waals surface area contributed by atoms with E-state index in [1.165, 1.54) is 0 Å². The summed E-state index contributed by atoms with van der Waals surface area (Å²) in [6, 6.07) is 6.70. The Morgan fingerprint density at radius 2 is 1.67 bits per heavy atom. The number of carbonyl (C=O) groups is 1. The van der Waals surface area contributed by atoms with Gasteiger partial charge in [0.1, 0.15) is 5.60 Å². The third-order valence-electron chi connectivity index (χ3n) is 3.98. The monoisotopic (exact) mass is 417 g/mol. The molecule has 1 saturated carbocycles. The molecule has 24 heavy (non-hydrogen) atoms. The first-order chi connectivity index (χ1) is 11.1. The molecule has 1 aromatic carbocycles. The first kappa shape index (κ1) is 19.2. The van der Waals surface area contributed by atoms with Gasteiger partial charge in [0.05, 0.1) is 10.1 Å². The Morgan fingerprint density at radius 1 is 1.12 bits per heavy atom. The van der Waals surface area contributed by atoms with Crippen LogP contribution in [0.4, 0.5) is 4.79 Å². The smallest absolute Gasteiger partial charge is 0.407 e. The Morgan fingerprint density at radius 3 is 2.17 bits per heavy atom. The molecule has 134 valence electrons. The summed E-state index contributed by atoms with van der Waals surface area (Å²) >= 11 is 3.31. The van der Waals surface area contributed by atoms with Crippen LogP contribution in [-0.4, -0.2) is 31.4 Å². The van der Waals surface area contributed by atoms with Crippen molar-refractivity contribution in [3.8, 4) is 0 Å². The van der Waals surface area contributed by atoms with Crippen LogP contribution in [0.1, 0.15) is 46.5 Å². The summed E-state index contributed by atoms with van der Waals surface area (Å²) in [5.74, 6) is 0. The standard InChI is InChI=1S/C17H24BrNO4S/c1-17(2,3)23-16(20)19-13-6-10-15(11-7-13)24(21,22)14-8-4-12(18)5-9-14/h4-5,8-9,13,15H,6-7,10-11H2,1-3H3,(H,19,20)/t13-,15-. The molecule has 0 bridgehead atoms. The SMILES string of the molecule is CC(C)(C)OC(=O)N[C@H]1CC[C@H](S(=O)(=O)c2ccc(Br)cc2)CC1. The molecule has 1 aliphatic carbocycles. The van der Waals surface area contributed by atoms with Gasteiger partial charge in [-0.25, -0.2) is 13.2 Å². The number of halogens is 1. The van der Waals surface area contributed by atoms with E-state index < -0.39 is 26.8 Å². The lowest BCUT2D eigenvalue weighted by molar-refractivity contribution is 0.0493. The molecule has 7 heteroatoms. The Bertz CT molecular complexity index is 672. The normalized spacial score (nSPS) is 22.0. The lowest BCUT2D eigenvalue weighted by Gasteiger charge is -2.29. The molecule has 0 spiro atoms. The van der Waals surface area contributed by atoms with Gasteiger partial charge in [0, 0.05) is 10.5 Å². The number of alkyl carbamates (subject to hydrolysis) is 1. The summed E-state index contributed by atoms with van der Waals surface area (Å²) in [5.41, 5.74) is -0.536. The third kappa shape index (κ3) is 5.21. The molecule has 5 nitrogen and oxygen atoms in total. The molecule has 1 aromatic rings. The molecule has 1 fully saturated rings. The maximum absolute atomic E-state index is 12.7. The number of amides is 1. The molecule has 0 saturated heterocycles. The van der Waals surface area contributed by atoms with E-state index in [4.69, 9.17) is 4.74 Å². The van der Waals surface area contributed by atoms with Crippen LogP contribution in [0.15, 0.2) is 33.6 Å². The molecule has 1 aliphatic rings. The lowest BCUT2D eigenvalue weighted by Crippen LogP contribution is -2.42. The topological polar surface area (TPSA) is 72.5 Å². The van der Waals surface area contributed by atoms with Crippen LogP contribution in [-0.2, 0) is 14.6 Å². The highest BCUT2D eigenvalue weighted by molar-refractivity contribution is 9.10. The number of rotatable bonds is 3. The van der Waals surface area contributed by atoms with Gasteiger partial charge in [-0.2, -0.15) is 0 Å². The minimum Gasteiger partial charge on any atom is -0.444 e. The first-order valence-corrected chi connectivity index (χ1v) is 10.4. The fourth-order valence-corrected chi connectivity index (χ4v) is 4.87. The Kier molecular flexibility index (Phi) is 5.96. The second-order valence-electron chi connectivity index (χ2n) is 7.12. The Labute approximate surface area is 152 Å². The van der Waals surface area contributed by atoms with Crippen molar-refractivity contribution in [1.82, 2.24) is 5.32 Å². The maximum Gasteiger partial charge on any atom is 0.407 e. The zero-order valence-corrected chi connectivity index (χ0v) is 16.6. The van der Waals surface area contributed by atoms with Crippen molar-refractivity contribution in [1.29, 1.82) is 0 Å². The lowest BCUT2D eigenvalue weighted by atomic mass is 9.95. The van der Waals surface area contributed by atoms with E-state index in [9.17, 15) is 13.2 Å². The summed E-state index contributed by atoms with van der Waals surface area (Å²) in [7, 11) is -3.32. The van der Waals surface area contributed by atoms with Crippen LogP contribution in [0.5, 0.6) is 0 Å². The van der Waals surface area contributed by atoms with Gasteiger partial charge in [-0.1, -0.05) is 15.9 Å². The molecule has 1 N–H and O–H groups in total. The molecular formula is C17H24BrNO4S. The number of sulfone groups is 1. The minimum atomic E-state index is -3.32. The third-order valence-corrected chi connectivity index (χ3v) is 6.78. The average Bonchev–Trinajstić information content (AvgIpc) is 2.46. The zero-order valence-electron chi connectivity index (χ0n) is 14.2. The fourth-order valence-electron chi connectivity index (χ4n) is 2.81. The van der Waals surface area contributed by atoms with Gasteiger partial charge in [0.2, 0.25) is 0 Å². The fraction of sp³-hybridized carbons (Fsp3) is 0.588. The van der Waals surface area contributed by atoms with Crippen LogP contribution < -0.4 is 5.32 Å². The van der Waals surface area contributed by atoms with Gasteiger partial charge in [-0.15, -0.1) is 0 Å². The van der Waals surface area contributed by atoms with Crippen LogP contribution in [0, 0.1) is 0 Å². The summed E-state index contributed by atoms with van der Waals surface area (Å²) in [6.07, 6.45) is 1.92. The van der Waals surface area contributed by atoms with E-state index in [1.807, 2.05) is 20.8 Å². The van der Waals surface area contributed by atoms with Crippen molar-refractivity contribution >= 4 is 31.9 Å². The highest BCUT2D eigenvalue weighted by Gasteiger charge is 2.33. The summed E-state index contributed by atoms with van der Waals surface area (Å²) in [6.45, 7) is 5.44. The largest absolute Gasteiger partial charge is 0.444 e. The van der Waals surface area contributed by atoms with Crippen LogP contribution in [0.3, 0.4) is 0 Å². The van der Waals surface area contributed by atoms with Gasteiger partial charge in [-0.05, 0) is 70.7 Å².